The smallest absolute Gasteiger partial charge is 0.268 e. The van der Waals surface area contributed by atoms with Gasteiger partial charge in [-0.05, 0) is 6.42 Å². The summed E-state index contributed by atoms with van der Waals surface area (Å²) in [7, 11) is 0. The highest BCUT2D eigenvalue weighted by atomic mass is 16.6. The summed E-state index contributed by atoms with van der Waals surface area (Å²) in [6, 6.07) is 3.86. The summed E-state index contributed by atoms with van der Waals surface area (Å²) in [6.07, 6.45) is 8.10. The Kier molecular flexibility index (Phi) is 4.59. The molecular weight excluding hydrogens is 188 g/mol. The second kappa shape index (κ2) is 5.73. The average molecular weight is 206 g/mol. The molecule has 0 aromatic carbocycles. The Morgan fingerprint density at radius 2 is 1.67 bits per heavy atom. The van der Waals surface area contributed by atoms with Gasteiger partial charge < -0.3 is 4.74 Å². The van der Waals surface area contributed by atoms with E-state index in [4.69, 9.17) is 15.3 Å². The first-order chi connectivity index (χ1) is 7.29. The molecule has 0 spiro atoms. The first-order valence-corrected chi connectivity index (χ1v) is 5.79. The molecule has 1 rings (SSSR count). The lowest BCUT2D eigenvalue weighted by molar-refractivity contribution is 0.353. The van der Waals surface area contributed by atoms with Crippen molar-refractivity contribution < 1.29 is 4.74 Å². The van der Waals surface area contributed by atoms with Gasteiger partial charge in [0.15, 0.2) is 0 Å². The Hall–Kier alpha value is -1.06. The molecular formula is C12H18N2O. The van der Waals surface area contributed by atoms with Crippen molar-refractivity contribution in [2.24, 2.45) is 0 Å². The zero-order valence-electron chi connectivity index (χ0n) is 9.33. The highest BCUT2D eigenvalue weighted by Gasteiger charge is 2.57. The largest absolute Gasteiger partial charge is 0.337 e. The maximum absolute atomic E-state index is 8.70. The van der Waals surface area contributed by atoms with Gasteiger partial charge in [-0.2, -0.15) is 10.5 Å². The molecule has 1 unspecified atom stereocenters. The monoisotopic (exact) mass is 206 g/mol. The normalized spacial score (nSPS) is 21.7. The topological polar surface area (TPSA) is 60.1 Å². The number of hydrogen-bond donors (Lipinski definition) is 0. The van der Waals surface area contributed by atoms with E-state index in [1.807, 2.05) is 12.1 Å². The van der Waals surface area contributed by atoms with E-state index in [2.05, 4.69) is 6.92 Å². The maximum Gasteiger partial charge on any atom is 0.268 e. The van der Waals surface area contributed by atoms with Crippen LogP contribution in [0.5, 0.6) is 0 Å². The summed E-state index contributed by atoms with van der Waals surface area (Å²) < 4.78 is 5.11. The first kappa shape index (κ1) is 12.0. The fraction of sp³-hybridized carbons (Fsp3) is 0.833. The lowest BCUT2D eigenvalue weighted by Gasteiger charge is -1.98. The van der Waals surface area contributed by atoms with Crippen LogP contribution < -0.4 is 0 Å². The van der Waals surface area contributed by atoms with E-state index in [-0.39, 0.29) is 6.10 Å². The Balaban J connectivity index is 2.00. The molecule has 1 fully saturated rings. The van der Waals surface area contributed by atoms with Crippen LogP contribution in [0.4, 0.5) is 0 Å². The van der Waals surface area contributed by atoms with Gasteiger partial charge in [0.1, 0.15) is 18.2 Å². The van der Waals surface area contributed by atoms with Gasteiger partial charge >= 0.3 is 0 Å². The van der Waals surface area contributed by atoms with Crippen LogP contribution in [0, 0.1) is 22.7 Å². The van der Waals surface area contributed by atoms with Crippen molar-refractivity contribution in [2.45, 2.75) is 63.6 Å². The minimum atomic E-state index is -1.09. The lowest BCUT2D eigenvalue weighted by atomic mass is 10.0. The van der Waals surface area contributed by atoms with E-state index in [1.54, 1.807) is 0 Å². The standard InChI is InChI=1S/C12H18N2O/c1-2-3-4-5-6-7-8-11-12(9-13,10-14)15-11/h11H,2-8H2,1H3. The third-order valence-electron chi connectivity index (χ3n) is 2.88. The molecule has 0 saturated carbocycles. The van der Waals surface area contributed by atoms with E-state index in [9.17, 15) is 0 Å². The average Bonchev–Trinajstić information content (AvgIpc) is 2.98. The van der Waals surface area contributed by atoms with Gasteiger partial charge in [0, 0.05) is 0 Å². The van der Waals surface area contributed by atoms with Crippen molar-refractivity contribution in [3.63, 3.8) is 0 Å². The second-order valence-corrected chi connectivity index (χ2v) is 4.12. The van der Waals surface area contributed by atoms with Gasteiger partial charge in [-0.3, -0.25) is 0 Å². The molecule has 3 nitrogen and oxygen atoms in total. The summed E-state index contributed by atoms with van der Waals surface area (Å²) in [6.45, 7) is 2.20. The van der Waals surface area contributed by atoms with Gasteiger partial charge in [0.05, 0.1) is 0 Å². The predicted octanol–water partition coefficient (Wildman–Crippen LogP) is 2.92. The van der Waals surface area contributed by atoms with Crippen LogP contribution in [0.25, 0.3) is 0 Å². The predicted molar refractivity (Wildman–Crippen MR) is 56.8 cm³/mol. The fourth-order valence-electron chi connectivity index (χ4n) is 1.78. The third kappa shape index (κ3) is 3.22. The molecule has 3 heteroatoms. The summed E-state index contributed by atoms with van der Waals surface area (Å²) in [4.78, 5) is 0. The molecule has 1 aliphatic heterocycles. The quantitative estimate of drug-likeness (QED) is 0.475. The first-order valence-electron chi connectivity index (χ1n) is 5.79. The number of rotatable bonds is 7. The van der Waals surface area contributed by atoms with Crippen molar-refractivity contribution in [2.75, 3.05) is 0 Å². The summed E-state index contributed by atoms with van der Waals surface area (Å²) in [5.74, 6) is 0. The zero-order valence-corrected chi connectivity index (χ0v) is 9.33. The van der Waals surface area contributed by atoms with Gasteiger partial charge in [0.2, 0.25) is 0 Å². The highest BCUT2D eigenvalue weighted by Crippen LogP contribution is 2.38. The Bertz CT molecular complexity index is 260. The molecule has 15 heavy (non-hydrogen) atoms. The summed E-state index contributed by atoms with van der Waals surface area (Å²) in [5.41, 5.74) is -1.09. The second-order valence-electron chi connectivity index (χ2n) is 4.12. The number of nitrogens with zero attached hydrogens (tertiary/aromatic N) is 2. The molecule has 0 radical (unpaired) electrons. The molecule has 0 bridgehead atoms. The molecule has 0 aromatic heterocycles. The van der Waals surface area contributed by atoms with E-state index in [0.717, 1.165) is 12.8 Å². The molecule has 1 saturated heterocycles. The zero-order chi connectivity index (χ0) is 11.1. The van der Waals surface area contributed by atoms with Crippen molar-refractivity contribution in [1.82, 2.24) is 0 Å². The molecule has 1 aliphatic rings. The van der Waals surface area contributed by atoms with E-state index in [1.165, 1.54) is 32.1 Å². The molecule has 1 atom stereocenters. The van der Waals surface area contributed by atoms with Gasteiger partial charge in [0.25, 0.3) is 5.60 Å². The lowest BCUT2D eigenvalue weighted by Crippen LogP contribution is -2.08. The number of nitriles is 2. The minimum Gasteiger partial charge on any atom is -0.337 e. The molecule has 0 amide bonds. The molecule has 0 aliphatic carbocycles. The number of hydrogen-bond acceptors (Lipinski definition) is 3. The van der Waals surface area contributed by atoms with Crippen LogP contribution in [-0.4, -0.2) is 11.7 Å². The SMILES string of the molecule is CCCCCCCCC1OC1(C#N)C#N. The van der Waals surface area contributed by atoms with Crippen molar-refractivity contribution in [3.05, 3.63) is 0 Å². The number of unbranched alkanes of at least 4 members (excludes halogenated alkanes) is 5. The highest BCUT2D eigenvalue weighted by molar-refractivity contribution is 5.30. The van der Waals surface area contributed by atoms with Crippen molar-refractivity contribution >= 4 is 0 Å². The summed E-state index contributed by atoms with van der Waals surface area (Å²) in [5, 5.41) is 17.4. The van der Waals surface area contributed by atoms with Gasteiger partial charge in [-0.25, -0.2) is 0 Å². The van der Waals surface area contributed by atoms with Crippen LogP contribution in [0.1, 0.15) is 51.9 Å². The molecule has 1 heterocycles. The van der Waals surface area contributed by atoms with E-state index in [0.29, 0.717) is 0 Å². The molecule has 0 aromatic rings. The van der Waals surface area contributed by atoms with Crippen LogP contribution in [0.3, 0.4) is 0 Å². The molecule has 0 N–H and O–H groups in total. The van der Waals surface area contributed by atoms with Crippen LogP contribution in [0.15, 0.2) is 0 Å². The van der Waals surface area contributed by atoms with E-state index < -0.39 is 5.60 Å². The minimum absolute atomic E-state index is 0.126. The van der Waals surface area contributed by atoms with Crippen LogP contribution in [0.2, 0.25) is 0 Å². The van der Waals surface area contributed by atoms with Gasteiger partial charge in [-0.1, -0.05) is 45.4 Å². The Morgan fingerprint density at radius 1 is 1.07 bits per heavy atom. The maximum atomic E-state index is 8.70. The van der Waals surface area contributed by atoms with Gasteiger partial charge in [-0.15, -0.1) is 0 Å². The number of ether oxygens (including phenoxy) is 1. The van der Waals surface area contributed by atoms with Crippen molar-refractivity contribution in [3.8, 4) is 12.1 Å². The summed E-state index contributed by atoms with van der Waals surface area (Å²) >= 11 is 0. The van der Waals surface area contributed by atoms with Crippen LogP contribution in [-0.2, 0) is 4.74 Å². The molecule has 82 valence electrons. The Morgan fingerprint density at radius 3 is 2.20 bits per heavy atom. The van der Waals surface area contributed by atoms with Crippen molar-refractivity contribution in [1.29, 1.82) is 10.5 Å². The van der Waals surface area contributed by atoms with Crippen LogP contribution >= 0.6 is 0 Å². The Labute approximate surface area is 91.6 Å². The third-order valence-corrected chi connectivity index (χ3v) is 2.88. The number of epoxide rings is 1. The van der Waals surface area contributed by atoms with E-state index >= 15 is 0 Å². The fourth-order valence-corrected chi connectivity index (χ4v) is 1.78.